The number of thioether (sulfide) groups is 1. The Hall–Kier alpha value is -2.12. The van der Waals surface area contributed by atoms with Crippen LogP contribution in [-0.4, -0.2) is 6.26 Å². The Morgan fingerprint density at radius 1 is 1.22 bits per heavy atom. The van der Waals surface area contributed by atoms with Crippen LogP contribution in [0.4, 0.5) is 17.1 Å². The molecule has 0 bridgehead atoms. The molecule has 0 radical (unpaired) electrons. The maximum atomic E-state index is 8.95. The second-order valence-electron chi connectivity index (χ2n) is 3.74. The lowest BCUT2D eigenvalue weighted by atomic mass is 10.1. The zero-order valence-electron chi connectivity index (χ0n) is 9.97. The molecule has 0 aliphatic heterocycles. The summed E-state index contributed by atoms with van der Waals surface area (Å²) in [6.07, 6.45) is 2.03. The highest BCUT2D eigenvalue weighted by Crippen LogP contribution is 2.28. The van der Waals surface area contributed by atoms with Gasteiger partial charge in [0.25, 0.3) is 0 Å². The molecule has 0 aliphatic rings. The van der Waals surface area contributed by atoms with Gasteiger partial charge in [-0.25, -0.2) is 0 Å². The van der Waals surface area contributed by atoms with Crippen molar-refractivity contribution in [1.29, 1.82) is 5.26 Å². The zero-order valence-corrected chi connectivity index (χ0v) is 10.8. The number of nitrogen functional groups attached to an aromatic ring is 1. The molecule has 0 heterocycles. The van der Waals surface area contributed by atoms with Crippen molar-refractivity contribution >= 4 is 28.8 Å². The average molecular weight is 255 g/mol. The van der Waals surface area contributed by atoms with Gasteiger partial charge in [-0.05, 0) is 36.6 Å². The second kappa shape index (κ2) is 5.48. The van der Waals surface area contributed by atoms with Crippen LogP contribution < -0.4 is 11.1 Å². The predicted molar refractivity (Wildman–Crippen MR) is 77.1 cm³/mol. The van der Waals surface area contributed by atoms with Crippen LogP contribution in [0.2, 0.25) is 0 Å². The lowest BCUT2D eigenvalue weighted by molar-refractivity contribution is 1.41. The highest BCUT2D eigenvalue weighted by molar-refractivity contribution is 7.98. The van der Waals surface area contributed by atoms with Gasteiger partial charge in [-0.2, -0.15) is 5.26 Å². The number of nitriles is 1. The first-order valence-electron chi connectivity index (χ1n) is 5.44. The molecular weight excluding hydrogens is 242 g/mol. The fourth-order valence-corrected chi connectivity index (χ4v) is 2.19. The third-order valence-corrected chi connectivity index (χ3v) is 3.36. The Kier molecular flexibility index (Phi) is 3.75. The largest absolute Gasteiger partial charge is 0.398 e. The molecule has 2 aromatic rings. The molecule has 90 valence electrons. The lowest BCUT2D eigenvalue weighted by Gasteiger charge is -2.11. The maximum Gasteiger partial charge on any atom is 0.101 e. The molecule has 3 nitrogen and oxygen atoms in total. The van der Waals surface area contributed by atoms with Gasteiger partial charge in [0.2, 0.25) is 0 Å². The molecule has 0 amide bonds. The van der Waals surface area contributed by atoms with E-state index in [9.17, 15) is 0 Å². The number of rotatable bonds is 3. The minimum atomic E-state index is 0.488. The van der Waals surface area contributed by atoms with Crippen LogP contribution in [0.3, 0.4) is 0 Å². The summed E-state index contributed by atoms with van der Waals surface area (Å²) in [6.45, 7) is 0. The Labute approximate surface area is 111 Å². The normalized spacial score (nSPS) is 9.78. The summed E-state index contributed by atoms with van der Waals surface area (Å²) in [5.74, 6) is 0. The van der Waals surface area contributed by atoms with Gasteiger partial charge in [0, 0.05) is 16.3 Å². The molecular formula is C14H13N3S. The minimum absolute atomic E-state index is 0.488. The molecule has 0 spiro atoms. The predicted octanol–water partition coefficient (Wildman–Crippen LogP) is 3.61. The first-order chi connectivity index (χ1) is 8.74. The number of hydrogen-bond acceptors (Lipinski definition) is 4. The Bertz CT molecular complexity index is 602. The Morgan fingerprint density at radius 3 is 2.72 bits per heavy atom. The summed E-state index contributed by atoms with van der Waals surface area (Å²) >= 11 is 1.68. The van der Waals surface area contributed by atoms with Gasteiger partial charge >= 0.3 is 0 Å². The summed E-state index contributed by atoms with van der Waals surface area (Å²) in [5, 5.41) is 12.2. The number of anilines is 3. The lowest BCUT2D eigenvalue weighted by Crippen LogP contribution is -1.95. The smallest absolute Gasteiger partial charge is 0.101 e. The van der Waals surface area contributed by atoms with E-state index in [0.717, 1.165) is 16.3 Å². The fourth-order valence-electron chi connectivity index (χ4n) is 1.63. The topological polar surface area (TPSA) is 61.8 Å². The van der Waals surface area contributed by atoms with Crippen LogP contribution >= 0.6 is 11.8 Å². The van der Waals surface area contributed by atoms with Crippen LogP contribution in [0.25, 0.3) is 0 Å². The summed E-state index contributed by atoms with van der Waals surface area (Å²) < 4.78 is 0. The molecule has 2 rings (SSSR count). The summed E-state index contributed by atoms with van der Waals surface area (Å²) in [6, 6.07) is 15.5. The van der Waals surface area contributed by atoms with E-state index in [4.69, 9.17) is 11.0 Å². The number of nitrogens with one attached hydrogen (secondary N) is 1. The van der Waals surface area contributed by atoms with E-state index in [-0.39, 0.29) is 0 Å². The van der Waals surface area contributed by atoms with Crippen molar-refractivity contribution in [3.8, 4) is 6.07 Å². The van der Waals surface area contributed by atoms with Crippen LogP contribution in [0, 0.1) is 11.3 Å². The first kappa shape index (κ1) is 12.3. The van der Waals surface area contributed by atoms with Crippen molar-refractivity contribution < 1.29 is 0 Å². The van der Waals surface area contributed by atoms with Crippen molar-refractivity contribution in [3.05, 3.63) is 48.0 Å². The van der Waals surface area contributed by atoms with Crippen molar-refractivity contribution in [2.45, 2.75) is 4.90 Å². The SMILES string of the molecule is CSc1ccccc1Nc1ccc(N)c(C#N)c1. The third-order valence-electron chi connectivity index (χ3n) is 2.56. The van der Waals surface area contributed by atoms with E-state index < -0.39 is 0 Å². The number of para-hydroxylation sites is 1. The molecule has 0 saturated heterocycles. The highest BCUT2D eigenvalue weighted by atomic mass is 32.2. The average Bonchev–Trinajstić information content (AvgIpc) is 2.41. The monoisotopic (exact) mass is 255 g/mol. The molecule has 0 aliphatic carbocycles. The van der Waals surface area contributed by atoms with E-state index >= 15 is 0 Å². The zero-order chi connectivity index (χ0) is 13.0. The molecule has 2 aromatic carbocycles. The molecule has 0 unspecified atom stereocenters. The van der Waals surface area contributed by atoms with Crippen molar-refractivity contribution in [2.75, 3.05) is 17.3 Å². The standard InChI is InChI=1S/C14H13N3S/c1-18-14-5-3-2-4-13(14)17-11-6-7-12(16)10(8-11)9-15/h2-8,17H,16H2,1H3. The van der Waals surface area contributed by atoms with E-state index in [2.05, 4.69) is 17.5 Å². The maximum absolute atomic E-state index is 8.95. The Balaban J connectivity index is 2.32. The summed E-state index contributed by atoms with van der Waals surface area (Å²) in [4.78, 5) is 1.16. The van der Waals surface area contributed by atoms with Gasteiger partial charge in [0.1, 0.15) is 6.07 Å². The molecule has 0 saturated carbocycles. The van der Waals surface area contributed by atoms with E-state index in [1.165, 1.54) is 0 Å². The quantitative estimate of drug-likeness (QED) is 0.649. The summed E-state index contributed by atoms with van der Waals surface area (Å²) in [7, 11) is 0. The van der Waals surface area contributed by atoms with Gasteiger partial charge in [0.15, 0.2) is 0 Å². The molecule has 4 heteroatoms. The molecule has 0 fully saturated rings. The Morgan fingerprint density at radius 2 is 2.00 bits per heavy atom. The van der Waals surface area contributed by atoms with Gasteiger partial charge in [-0.3, -0.25) is 0 Å². The number of nitrogens with zero attached hydrogens (tertiary/aromatic N) is 1. The fraction of sp³-hybridized carbons (Fsp3) is 0.0714. The molecule has 3 N–H and O–H groups in total. The van der Waals surface area contributed by atoms with Crippen LogP contribution in [0.15, 0.2) is 47.4 Å². The molecule has 0 atom stereocenters. The van der Waals surface area contributed by atoms with E-state index in [0.29, 0.717) is 11.3 Å². The number of benzene rings is 2. The van der Waals surface area contributed by atoms with Crippen LogP contribution in [0.1, 0.15) is 5.56 Å². The van der Waals surface area contributed by atoms with E-state index in [1.54, 1.807) is 23.9 Å². The van der Waals surface area contributed by atoms with Gasteiger partial charge in [-0.15, -0.1) is 11.8 Å². The van der Waals surface area contributed by atoms with Crippen LogP contribution in [-0.2, 0) is 0 Å². The summed E-state index contributed by atoms with van der Waals surface area (Å²) in [5.41, 5.74) is 8.57. The van der Waals surface area contributed by atoms with Crippen molar-refractivity contribution in [3.63, 3.8) is 0 Å². The van der Waals surface area contributed by atoms with Gasteiger partial charge in [0.05, 0.1) is 11.3 Å². The first-order valence-corrected chi connectivity index (χ1v) is 6.66. The third kappa shape index (κ3) is 2.58. The van der Waals surface area contributed by atoms with Gasteiger partial charge < -0.3 is 11.1 Å². The molecule has 18 heavy (non-hydrogen) atoms. The number of nitrogens with two attached hydrogens (primary N) is 1. The van der Waals surface area contributed by atoms with E-state index in [1.807, 2.05) is 30.5 Å². The molecule has 0 aromatic heterocycles. The van der Waals surface area contributed by atoms with Gasteiger partial charge in [-0.1, -0.05) is 12.1 Å². The van der Waals surface area contributed by atoms with Crippen molar-refractivity contribution in [2.24, 2.45) is 0 Å². The number of hydrogen-bond donors (Lipinski definition) is 2. The van der Waals surface area contributed by atoms with Crippen LogP contribution in [0.5, 0.6) is 0 Å². The second-order valence-corrected chi connectivity index (χ2v) is 4.59. The minimum Gasteiger partial charge on any atom is -0.398 e. The highest BCUT2D eigenvalue weighted by Gasteiger charge is 2.03. The van der Waals surface area contributed by atoms with Crippen molar-refractivity contribution in [1.82, 2.24) is 0 Å².